The topological polar surface area (TPSA) is 24.9 Å². The van der Waals surface area contributed by atoms with Crippen molar-refractivity contribution in [3.05, 3.63) is 54.4 Å². The molecule has 16 heavy (non-hydrogen) atoms. The van der Waals surface area contributed by atoms with Crippen LogP contribution in [0.15, 0.2) is 48.8 Å². The summed E-state index contributed by atoms with van der Waals surface area (Å²) in [5.74, 6) is 0. The van der Waals surface area contributed by atoms with Crippen molar-refractivity contribution in [3.8, 4) is 11.1 Å². The molecule has 0 radical (unpaired) electrons. The maximum Gasteiger partial charge on any atom is 0.0295 e. The molecule has 2 aromatic rings. The number of pyridine rings is 1. The van der Waals surface area contributed by atoms with Crippen molar-refractivity contribution in [1.82, 2.24) is 10.3 Å². The second-order valence-electron chi connectivity index (χ2n) is 3.83. The van der Waals surface area contributed by atoms with E-state index in [9.17, 15) is 0 Å². The van der Waals surface area contributed by atoms with Crippen LogP contribution in [0, 0.1) is 0 Å². The molecule has 0 amide bonds. The van der Waals surface area contributed by atoms with Gasteiger partial charge in [0.15, 0.2) is 0 Å². The van der Waals surface area contributed by atoms with Crippen molar-refractivity contribution in [3.63, 3.8) is 0 Å². The summed E-state index contributed by atoms with van der Waals surface area (Å²) in [6.45, 7) is 2.17. The highest BCUT2D eigenvalue weighted by Crippen LogP contribution is 2.27. The molecule has 1 N–H and O–H groups in total. The van der Waals surface area contributed by atoms with Crippen LogP contribution in [0.3, 0.4) is 0 Å². The Kier molecular flexibility index (Phi) is 3.32. The van der Waals surface area contributed by atoms with Gasteiger partial charge in [0.05, 0.1) is 0 Å². The molecule has 2 rings (SSSR count). The van der Waals surface area contributed by atoms with Gasteiger partial charge in [0, 0.05) is 18.4 Å². The van der Waals surface area contributed by atoms with E-state index in [4.69, 9.17) is 0 Å². The first kappa shape index (κ1) is 10.8. The minimum Gasteiger partial charge on any atom is -0.313 e. The zero-order valence-electron chi connectivity index (χ0n) is 9.64. The van der Waals surface area contributed by atoms with Crippen molar-refractivity contribution in [2.24, 2.45) is 0 Å². The Morgan fingerprint density at radius 1 is 1.06 bits per heavy atom. The number of hydrogen-bond acceptors (Lipinski definition) is 2. The van der Waals surface area contributed by atoms with Crippen molar-refractivity contribution < 1.29 is 0 Å². The molecule has 2 nitrogen and oxygen atoms in total. The molecule has 1 heterocycles. The highest BCUT2D eigenvalue weighted by molar-refractivity contribution is 5.67. The lowest BCUT2D eigenvalue weighted by Gasteiger charge is -2.15. The SMILES string of the molecule is CNC(C)c1ccccc1-c1ccncc1. The van der Waals surface area contributed by atoms with Crippen LogP contribution in [-0.4, -0.2) is 12.0 Å². The van der Waals surface area contributed by atoms with E-state index in [0.29, 0.717) is 6.04 Å². The van der Waals surface area contributed by atoms with Crippen molar-refractivity contribution in [2.75, 3.05) is 7.05 Å². The molecule has 1 aromatic heterocycles. The molecular weight excluding hydrogens is 196 g/mol. The molecule has 0 aliphatic rings. The minimum absolute atomic E-state index is 0.351. The number of nitrogens with one attached hydrogen (secondary N) is 1. The van der Waals surface area contributed by atoms with E-state index < -0.39 is 0 Å². The van der Waals surface area contributed by atoms with Gasteiger partial charge in [-0.2, -0.15) is 0 Å². The first-order chi connectivity index (χ1) is 7.83. The summed E-state index contributed by atoms with van der Waals surface area (Å²) in [6.07, 6.45) is 3.66. The summed E-state index contributed by atoms with van der Waals surface area (Å²) in [5.41, 5.74) is 3.80. The number of aromatic nitrogens is 1. The molecule has 82 valence electrons. The van der Waals surface area contributed by atoms with Gasteiger partial charge in [0.1, 0.15) is 0 Å². The first-order valence-electron chi connectivity index (χ1n) is 5.49. The summed E-state index contributed by atoms with van der Waals surface area (Å²) in [7, 11) is 1.98. The Labute approximate surface area is 96.4 Å². The number of hydrogen-bond donors (Lipinski definition) is 1. The molecule has 2 heteroatoms. The fraction of sp³-hybridized carbons (Fsp3) is 0.214. The Hall–Kier alpha value is -1.67. The van der Waals surface area contributed by atoms with E-state index in [1.54, 1.807) is 0 Å². The van der Waals surface area contributed by atoms with Crippen molar-refractivity contribution in [2.45, 2.75) is 13.0 Å². The zero-order valence-corrected chi connectivity index (χ0v) is 9.64. The summed E-state index contributed by atoms with van der Waals surface area (Å²) < 4.78 is 0. The third kappa shape index (κ3) is 2.12. The predicted octanol–water partition coefficient (Wildman–Crippen LogP) is 3.03. The Balaban J connectivity index is 2.49. The highest BCUT2D eigenvalue weighted by atomic mass is 14.9. The van der Waals surface area contributed by atoms with Gasteiger partial charge in [0.2, 0.25) is 0 Å². The second-order valence-corrected chi connectivity index (χ2v) is 3.83. The van der Waals surface area contributed by atoms with Gasteiger partial charge in [-0.05, 0) is 42.8 Å². The normalized spacial score (nSPS) is 12.4. The van der Waals surface area contributed by atoms with E-state index in [1.807, 2.05) is 31.6 Å². The third-order valence-electron chi connectivity index (χ3n) is 2.85. The molecule has 0 fully saturated rings. The van der Waals surface area contributed by atoms with Crippen LogP contribution in [0.2, 0.25) is 0 Å². The maximum absolute atomic E-state index is 4.05. The quantitative estimate of drug-likeness (QED) is 0.846. The Bertz CT molecular complexity index is 451. The van der Waals surface area contributed by atoms with Crippen LogP contribution in [0.1, 0.15) is 18.5 Å². The van der Waals surface area contributed by atoms with E-state index in [-0.39, 0.29) is 0 Å². The molecule has 0 spiro atoms. The average Bonchev–Trinajstić information content (AvgIpc) is 2.39. The van der Waals surface area contributed by atoms with Gasteiger partial charge in [-0.3, -0.25) is 4.98 Å². The smallest absolute Gasteiger partial charge is 0.0295 e. The van der Waals surface area contributed by atoms with Gasteiger partial charge in [0.25, 0.3) is 0 Å². The van der Waals surface area contributed by atoms with E-state index in [1.165, 1.54) is 16.7 Å². The van der Waals surface area contributed by atoms with Crippen LogP contribution < -0.4 is 5.32 Å². The van der Waals surface area contributed by atoms with Gasteiger partial charge in [-0.25, -0.2) is 0 Å². The standard InChI is InChI=1S/C14H16N2/c1-11(15-2)13-5-3-4-6-14(13)12-7-9-16-10-8-12/h3-11,15H,1-2H3. The molecule has 0 bridgehead atoms. The van der Waals surface area contributed by atoms with Gasteiger partial charge >= 0.3 is 0 Å². The van der Waals surface area contributed by atoms with Crippen molar-refractivity contribution in [1.29, 1.82) is 0 Å². The number of rotatable bonds is 3. The molecule has 1 atom stereocenters. The summed E-state index contributed by atoms with van der Waals surface area (Å²) in [4.78, 5) is 4.05. The Morgan fingerprint density at radius 2 is 1.75 bits per heavy atom. The van der Waals surface area contributed by atoms with Crippen LogP contribution in [0.5, 0.6) is 0 Å². The molecule has 0 aliphatic heterocycles. The summed E-state index contributed by atoms with van der Waals surface area (Å²) in [6, 6.07) is 12.9. The second kappa shape index (κ2) is 4.90. The minimum atomic E-state index is 0.351. The molecular formula is C14H16N2. The maximum atomic E-state index is 4.05. The van der Waals surface area contributed by atoms with E-state index in [0.717, 1.165) is 0 Å². The van der Waals surface area contributed by atoms with E-state index >= 15 is 0 Å². The fourth-order valence-electron chi connectivity index (χ4n) is 1.82. The average molecular weight is 212 g/mol. The molecule has 0 aliphatic carbocycles. The van der Waals surface area contributed by atoms with Crippen LogP contribution in [0.4, 0.5) is 0 Å². The monoisotopic (exact) mass is 212 g/mol. The van der Waals surface area contributed by atoms with Crippen molar-refractivity contribution >= 4 is 0 Å². The first-order valence-corrected chi connectivity index (χ1v) is 5.49. The van der Waals surface area contributed by atoms with E-state index in [2.05, 4.69) is 41.5 Å². The van der Waals surface area contributed by atoms with Crippen LogP contribution in [-0.2, 0) is 0 Å². The molecule has 1 unspecified atom stereocenters. The molecule has 0 saturated heterocycles. The predicted molar refractivity (Wildman–Crippen MR) is 67.1 cm³/mol. The van der Waals surface area contributed by atoms with Gasteiger partial charge in [-0.15, -0.1) is 0 Å². The van der Waals surface area contributed by atoms with Gasteiger partial charge in [-0.1, -0.05) is 24.3 Å². The number of benzene rings is 1. The summed E-state index contributed by atoms with van der Waals surface area (Å²) >= 11 is 0. The Morgan fingerprint density at radius 3 is 2.44 bits per heavy atom. The number of nitrogens with zero attached hydrogens (tertiary/aromatic N) is 1. The lowest BCUT2D eigenvalue weighted by Crippen LogP contribution is -2.13. The lowest BCUT2D eigenvalue weighted by molar-refractivity contribution is 0.654. The highest BCUT2D eigenvalue weighted by Gasteiger charge is 2.08. The zero-order chi connectivity index (χ0) is 11.4. The third-order valence-corrected chi connectivity index (χ3v) is 2.85. The van der Waals surface area contributed by atoms with Gasteiger partial charge < -0.3 is 5.32 Å². The van der Waals surface area contributed by atoms with Crippen LogP contribution >= 0.6 is 0 Å². The fourth-order valence-corrected chi connectivity index (χ4v) is 1.82. The summed E-state index contributed by atoms with van der Waals surface area (Å²) in [5, 5.41) is 3.28. The molecule has 0 saturated carbocycles. The lowest BCUT2D eigenvalue weighted by atomic mass is 9.96. The largest absolute Gasteiger partial charge is 0.313 e. The van der Waals surface area contributed by atoms with Crippen LogP contribution in [0.25, 0.3) is 11.1 Å². The molecule has 1 aromatic carbocycles.